The van der Waals surface area contributed by atoms with Crippen molar-refractivity contribution in [2.75, 3.05) is 37.5 Å². The molecule has 0 spiro atoms. The lowest BCUT2D eigenvalue weighted by atomic mass is 9.93. The first-order valence-electron chi connectivity index (χ1n) is 11.0. The van der Waals surface area contributed by atoms with Crippen LogP contribution >= 0.6 is 0 Å². The fraction of sp³-hybridized carbons (Fsp3) is 0.192. The van der Waals surface area contributed by atoms with Crippen LogP contribution < -0.4 is 19.7 Å². The minimum atomic E-state index is -0.658. The second-order valence-electron chi connectivity index (χ2n) is 8.09. The van der Waals surface area contributed by atoms with E-state index in [0.29, 0.717) is 58.1 Å². The molecule has 9 nitrogen and oxygen atoms in total. The van der Waals surface area contributed by atoms with E-state index in [1.54, 1.807) is 49.8 Å². The molecule has 0 radical (unpaired) electrons. The van der Waals surface area contributed by atoms with Crippen molar-refractivity contribution < 1.29 is 14.3 Å². The average Bonchev–Trinajstić information content (AvgIpc) is 3.22. The zero-order chi connectivity index (χ0) is 24.4. The van der Waals surface area contributed by atoms with Crippen LogP contribution in [0.4, 0.5) is 11.4 Å². The van der Waals surface area contributed by atoms with Gasteiger partial charge in [-0.1, -0.05) is 0 Å². The molecule has 4 aromatic rings. The maximum Gasteiger partial charge on any atom is 0.238 e. The maximum atomic E-state index is 12.9. The first kappa shape index (κ1) is 22.1. The van der Waals surface area contributed by atoms with E-state index < -0.39 is 5.92 Å². The molecule has 174 valence electrons. The average molecular weight is 467 g/mol. The number of hydrogen-bond donors (Lipinski definition) is 1. The molecule has 0 fully saturated rings. The van der Waals surface area contributed by atoms with Gasteiger partial charge in [0.15, 0.2) is 11.5 Å². The molecule has 1 atom stereocenters. The summed E-state index contributed by atoms with van der Waals surface area (Å²) in [5.74, 6) is 0.211. The molecule has 1 N–H and O–H groups in total. The van der Waals surface area contributed by atoms with Crippen molar-refractivity contribution in [1.29, 1.82) is 5.26 Å². The van der Waals surface area contributed by atoms with Crippen LogP contribution in [0.25, 0.3) is 10.9 Å². The number of hydrogen-bond acceptors (Lipinski definition) is 8. The number of nitrogens with zero attached hydrogens (tertiary/aromatic N) is 5. The summed E-state index contributed by atoms with van der Waals surface area (Å²) >= 11 is 0. The molecule has 1 unspecified atom stereocenters. The number of methoxy groups -OCH3 is 1. The van der Waals surface area contributed by atoms with Crippen LogP contribution in [0.15, 0.2) is 61.2 Å². The first-order valence-corrected chi connectivity index (χ1v) is 11.0. The molecule has 2 aromatic carbocycles. The fourth-order valence-corrected chi connectivity index (χ4v) is 4.21. The van der Waals surface area contributed by atoms with E-state index in [0.717, 1.165) is 5.69 Å². The number of ether oxygens (including phenoxy) is 2. The second kappa shape index (κ2) is 9.27. The van der Waals surface area contributed by atoms with Crippen molar-refractivity contribution in [1.82, 2.24) is 15.0 Å². The largest absolute Gasteiger partial charge is 0.493 e. The van der Waals surface area contributed by atoms with Crippen LogP contribution in [0.1, 0.15) is 22.7 Å². The number of aromatic nitrogens is 3. The van der Waals surface area contributed by atoms with Crippen molar-refractivity contribution in [3.8, 4) is 17.6 Å². The molecular formula is C26H22N6O3. The molecule has 35 heavy (non-hydrogen) atoms. The predicted octanol–water partition coefficient (Wildman–Crippen LogP) is 3.50. The first-order chi connectivity index (χ1) is 17.1. The zero-order valence-electron chi connectivity index (χ0n) is 19.2. The Morgan fingerprint density at radius 3 is 2.71 bits per heavy atom. The molecule has 9 heteroatoms. The summed E-state index contributed by atoms with van der Waals surface area (Å²) < 4.78 is 11.6. The van der Waals surface area contributed by atoms with E-state index in [1.165, 1.54) is 6.33 Å². The van der Waals surface area contributed by atoms with Crippen LogP contribution in [0, 0.1) is 11.3 Å². The molecule has 0 saturated heterocycles. The van der Waals surface area contributed by atoms with Crippen molar-refractivity contribution in [2.24, 2.45) is 0 Å². The molecule has 0 aliphatic carbocycles. The van der Waals surface area contributed by atoms with E-state index in [-0.39, 0.29) is 5.91 Å². The number of carbonyl (C=O) groups is 1. The van der Waals surface area contributed by atoms with Crippen LogP contribution in [-0.2, 0) is 4.79 Å². The van der Waals surface area contributed by atoms with Gasteiger partial charge < -0.3 is 19.7 Å². The Bertz CT molecular complexity index is 1450. The fourth-order valence-electron chi connectivity index (χ4n) is 4.21. The van der Waals surface area contributed by atoms with E-state index >= 15 is 0 Å². The van der Waals surface area contributed by atoms with Gasteiger partial charge in [-0.05, 0) is 42.0 Å². The number of anilines is 2. The van der Waals surface area contributed by atoms with E-state index in [9.17, 15) is 10.1 Å². The summed E-state index contributed by atoms with van der Waals surface area (Å²) in [6, 6.07) is 14.7. The smallest absolute Gasteiger partial charge is 0.238 e. The summed E-state index contributed by atoms with van der Waals surface area (Å²) in [5.41, 5.74) is 4.09. The molecule has 5 rings (SSSR count). The van der Waals surface area contributed by atoms with E-state index in [4.69, 9.17) is 9.47 Å². The van der Waals surface area contributed by atoms with Gasteiger partial charge >= 0.3 is 0 Å². The lowest BCUT2D eigenvalue weighted by Gasteiger charge is -2.20. The monoisotopic (exact) mass is 466 g/mol. The predicted molar refractivity (Wildman–Crippen MR) is 131 cm³/mol. The standard InChI is InChI=1S/C26H22N6O3/c1-32(17-5-7-28-8-6-17)9-10-35-23-13-21-19(12-22(23)34-2)25(30-15-29-21)24-18-11-16(14-27)3-4-20(18)31-26(24)33/h3-8,11-13,15,24H,9-10H2,1-2H3,(H,31,33). The van der Waals surface area contributed by atoms with Gasteiger partial charge in [0.2, 0.25) is 5.91 Å². The maximum absolute atomic E-state index is 12.9. The van der Waals surface area contributed by atoms with E-state index in [2.05, 4.69) is 31.2 Å². The number of rotatable bonds is 7. The number of likely N-dealkylation sites (N-methyl/N-ethyl adjacent to an activating group) is 1. The highest BCUT2D eigenvalue weighted by atomic mass is 16.5. The molecule has 0 saturated carbocycles. The third-order valence-corrected chi connectivity index (χ3v) is 6.02. The molecule has 1 aliphatic heterocycles. The van der Waals surface area contributed by atoms with Crippen LogP contribution in [0.2, 0.25) is 0 Å². The molecule has 1 amide bonds. The molecule has 0 bridgehead atoms. The van der Waals surface area contributed by atoms with Gasteiger partial charge in [-0.3, -0.25) is 9.78 Å². The molecule has 2 aromatic heterocycles. The Labute approximate surface area is 202 Å². The van der Waals surface area contributed by atoms with Gasteiger partial charge in [-0.2, -0.15) is 5.26 Å². The Kier molecular flexibility index (Phi) is 5.85. The highest BCUT2D eigenvalue weighted by molar-refractivity contribution is 6.07. The number of pyridine rings is 1. The third-order valence-electron chi connectivity index (χ3n) is 6.02. The Balaban J connectivity index is 1.45. The van der Waals surface area contributed by atoms with Crippen LogP contribution in [0.3, 0.4) is 0 Å². The van der Waals surface area contributed by atoms with Gasteiger partial charge in [0.05, 0.1) is 36.5 Å². The topological polar surface area (TPSA) is 113 Å². The number of carbonyl (C=O) groups excluding carboxylic acids is 1. The quantitative estimate of drug-likeness (QED) is 0.440. The van der Waals surface area contributed by atoms with Crippen molar-refractivity contribution in [3.63, 3.8) is 0 Å². The summed E-state index contributed by atoms with van der Waals surface area (Å²) in [4.78, 5) is 27.9. The molecule has 3 heterocycles. The number of benzene rings is 2. The summed E-state index contributed by atoms with van der Waals surface area (Å²) in [6.45, 7) is 1.08. The Hall–Kier alpha value is -4.71. The highest BCUT2D eigenvalue weighted by Crippen LogP contribution is 2.41. The number of fused-ring (bicyclic) bond motifs is 2. The lowest BCUT2D eigenvalue weighted by molar-refractivity contribution is -0.116. The molecule has 1 aliphatic rings. The van der Waals surface area contributed by atoms with Gasteiger partial charge in [-0.25, -0.2) is 9.97 Å². The third kappa shape index (κ3) is 4.17. The van der Waals surface area contributed by atoms with E-state index in [1.807, 2.05) is 19.2 Å². The minimum absolute atomic E-state index is 0.200. The zero-order valence-corrected chi connectivity index (χ0v) is 19.2. The van der Waals surface area contributed by atoms with Crippen LogP contribution in [0.5, 0.6) is 11.5 Å². The minimum Gasteiger partial charge on any atom is -0.493 e. The highest BCUT2D eigenvalue weighted by Gasteiger charge is 2.34. The second-order valence-corrected chi connectivity index (χ2v) is 8.09. The van der Waals surface area contributed by atoms with Gasteiger partial charge in [0.25, 0.3) is 0 Å². The molecular weight excluding hydrogens is 444 g/mol. The van der Waals surface area contributed by atoms with Crippen molar-refractivity contribution in [2.45, 2.75) is 5.92 Å². The number of nitrogens with one attached hydrogen (secondary N) is 1. The Morgan fingerprint density at radius 1 is 1.11 bits per heavy atom. The van der Waals surface area contributed by atoms with Gasteiger partial charge in [0, 0.05) is 42.3 Å². The Morgan fingerprint density at radius 2 is 1.94 bits per heavy atom. The number of amides is 1. The van der Waals surface area contributed by atoms with Crippen LogP contribution in [-0.4, -0.2) is 48.2 Å². The normalized spacial score (nSPS) is 14.2. The van der Waals surface area contributed by atoms with Crippen molar-refractivity contribution >= 4 is 28.2 Å². The summed E-state index contributed by atoms with van der Waals surface area (Å²) in [7, 11) is 3.55. The number of nitriles is 1. The summed E-state index contributed by atoms with van der Waals surface area (Å²) in [5, 5.41) is 12.9. The lowest BCUT2D eigenvalue weighted by Crippen LogP contribution is -2.23. The van der Waals surface area contributed by atoms with Gasteiger partial charge in [0.1, 0.15) is 18.9 Å². The summed E-state index contributed by atoms with van der Waals surface area (Å²) in [6.07, 6.45) is 4.94. The van der Waals surface area contributed by atoms with Crippen molar-refractivity contribution in [3.05, 3.63) is 78.0 Å². The van der Waals surface area contributed by atoms with Gasteiger partial charge in [-0.15, -0.1) is 0 Å². The SMILES string of the molecule is COc1cc2c(C3C(=O)Nc4ccc(C#N)cc43)ncnc2cc1OCCN(C)c1ccncc1.